The van der Waals surface area contributed by atoms with E-state index >= 15 is 0 Å². The summed E-state index contributed by atoms with van der Waals surface area (Å²) in [6.07, 6.45) is 29.7. The largest absolute Gasteiger partial charge is 0.724 e. The van der Waals surface area contributed by atoms with Crippen molar-refractivity contribution in [2.45, 2.75) is 270 Å². The number of nitrogens with zero attached hydrogens (tertiary/aromatic N) is 13. The Kier molecular flexibility index (Phi) is 26.5. The highest BCUT2D eigenvalue weighted by Crippen LogP contribution is 2.43. The fourth-order valence-electron chi connectivity index (χ4n) is 14.4. The first-order valence-electron chi connectivity index (χ1n) is 34.3. The van der Waals surface area contributed by atoms with Gasteiger partial charge in [0.1, 0.15) is 18.1 Å². The van der Waals surface area contributed by atoms with Gasteiger partial charge >= 0.3 is 28.5 Å². The molecule has 3 aromatic rings. The predicted molar refractivity (Wildman–Crippen MR) is 333 cm³/mol. The molecule has 9 fully saturated rings. The monoisotopic (exact) mass is 1340 g/mol. The Balaban J connectivity index is 0.000000155. The van der Waals surface area contributed by atoms with Crippen molar-refractivity contribution in [3.63, 3.8) is 0 Å². The van der Waals surface area contributed by atoms with E-state index in [9.17, 15) is 41.0 Å². The van der Waals surface area contributed by atoms with Crippen LogP contribution in [0.3, 0.4) is 0 Å². The standard InChI is InChI=1S/C16H36N.C15H22N4O6S.C14H21N5O6S.C8H10N4O3.C8H16/c1-5-9-13-17(14-10-6-2,15-11-7-3)16-12-8-4;1-9-2-4-10(5-3-9)13-16-17-14(24-13)12-7-6-11-8-18(12)15(20)19(11)25-26(21,22)23;15-9-3-1-8(2-4-9)12-16-17-13(24-12)11-6-5-10-7-18(11)14(20)19(10)25-26(21,22)23;13-8-11-3-5(12(8)14)1-2-6(11)7-10-9-4-15-7;1-7-3-5-8(2)6-4-7/h5-16H2,1-4H3;9-12H,2-8H2,1H3,(H,21,22,23);8-11H,1-7,15H2,(H,21,22,23);4-6,14H,1-3H2;7-8H,3-6H2,1-2H3/q+1;;;;/p-1/t;9?,10?,11-,12+;8?,9?,10-,11+;5-,6+;/m.111./s1. The molecule has 0 radical (unpaired) electrons. The molecule has 6 amide bonds. The van der Waals surface area contributed by atoms with Gasteiger partial charge in [0, 0.05) is 37.5 Å². The van der Waals surface area contributed by atoms with E-state index < -0.39 is 57.0 Å². The maximum absolute atomic E-state index is 12.4. The number of quaternary nitrogens is 1. The second-order valence-corrected chi connectivity index (χ2v) is 29.3. The van der Waals surface area contributed by atoms with Gasteiger partial charge in [0.25, 0.3) is 0 Å². The number of carbonyl (C=O) groups excluding carboxylic acids is 3. The lowest BCUT2D eigenvalue weighted by molar-refractivity contribution is -0.929. The van der Waals surface area contributed by atoms with Crippen LogP contribution in [0.1, 0.15) is 275 Å². The summed E-state index contributed by atoms with van der Waals surface area (Å²) in [6, 6.07) is -3.49. The highest BCUT2D eigenvalue weighted by Gasteiger charge is 2.51. The smallest absolute Gasteiger partial charge is 0.418 e. The second kappa shape index (κ2) is 33.5. The maximum Gasteiger partial charge on any atom is 0.418 e. The van der Waals surface area contributed by atoms with E-state index in [1.807, 2.05) is 0 Å². The number of hydrogen-bond acceptors (Lipinski definition) is 21. The van der Waals surface area contributed by atoms with Crippen LogP contribution in [0, 0.1) is 17.8 Å². The third kappa shape index (κ3) is 19.5. The zero-order valence-electron chi connectivity index (χ0n) is 55.2. The van der Waals surface area contributed by atoms with Crippen LogP contribution in [0.2, 0.25) is 0 Å². The number of nitrogens with two attached hydrogens (primary N) is 1. The van der Waals surface area contributed by atoms with Crippen molar-refractivity contribution in [3.05, 3.63) is 35.8 Å². The van der Waals surface area contributed by atoms with Crippen molar-refractivity contribution in [1.29, 1.82) is 0 Å². The number of urea groups is 3. The minimum Gasteiger partial charge on any atom is -0.724 e. The third-order valence-electron chi connectivity index (χ3n) is 20.2. The number of hydroxylamine groups is 6. The van der Waals surface area contributed by atoms with Crippen LogP contribution in [-0.2, 0) is 29.4 Å². The predicted octanol–water partition coefficient (Wildman–Crippen LogP) is 10.7. The molecule has 3 saturated carbocycles. The topological polar surface area (TPSA) is 364 Å². The van der Waals surface area contributed by atoms with Gasteiger partial charge in [-0.1, -0.05) is 99.8 Å². The van der Waals surface area contributed by atoms with Gasteiger partial charge in [-0.25, -0.2) is 27.9 Å². The molecule has 12 rings (SSSR count). The van der Waals surface area contributed by atoms with Crippen LogP contribution in [-0.4, -0.2) is 184 Å². The highest BCUT2D eigenvalue weighted by atomic mass is 32.3. The fourth-order valence-corrected chi connectivity index (χ4v) is 15.2. The van der Waals surface area contributed by atoms with Crippen molar-refractivity contribution in [3.8, 4) is 0 Å². The number of piperidine rings is 3. The molecule has 6 aliphatic heterocycles. The Morgan fingerprint density at radius 2 is 0.891 bits per heavy atom. The summed E-state index contributed by atoms with van der Waals surface area (Å²) in [5.74, 6) is 5.50. The van der Waals surface area contributed by atoms with Crippen LogP contribution in [0.4, 0.5) is 14.4 Å². The molecule has 9 aliphatic rings. The van der Waals surface area contributed by atoms with Gasteiger partial charge in [0.15, 0.2) is 0 Å². The van der Waals surface area contributed by atoms with Gasteiger partial charge in [-0.15, -0.1) is 34.9 Å². The lowest BCUT2D eigenvalue weighted by atomic mass is 9.83. The summed E-state index contributed by atoms with van der Waals surface area (Å²) >= 11 is 0. The summed E-state index contributed by atoms with van der Waals surface area (Å²) in [7, 11) is -9.76. The fraction of sp³-hybridized carbons (Fsp3) is 0.852. The van der Waals surface area contributed by atoms with Gasteiger partial charge in [-0.05, 0) is 133 Å². The van der Waals surface area contributed by atoms with Gasteiger partial charge < -0.3 is 42.7 Å². The Hall–Kier alpha value is -5.15. The van der Waals surface area contributed by atoms with E-state index in [1.165, 1.54) is 124 Å². The van der Waals surface area contributed by atoms with Crippen LogP contribution >= 0.6 is 0 Å². The molecule has 31 heteroatoms. The van der Waals surface area contributed by atoms with E-state index in [4.69, 9.17) is 23.5 Å². The molecule has 0 unspecified atom stereocenters. The summed E-state index contributed by atoms with van der Waals surface area (Å²) < 4.78 is 90.2. The summed E-state index contributed by atoms with van der Waals surface area (Å²) in [6.45, 7) is 23.1. The Labute approximate surface area is 543 Å². The lowest BCUT2D eigenvalue weighted by Crippen LogP contribution is -2.50. The van der Waals surface area contributed by atoms with Crippen LogP contribution in [0.25, 0.3) is 0 Å². The number of unbranched alkanes of at least 4 members (excludes halogenated alkanes) is 4. The van der Waals surface area contributed by atoms with E-state index in [0.29, 0.717) is 71.8 Å². The van der Waals surface area contributed by atoms with Crippen LogP contribution in [0.5, 0.6) is 0 Å². The maximum atomic E-state index is 12.4. The van der Waals surface area contributed by atoms with Crippen LogP contribution in [0.15, 0.2) is 19.6 Å². The van der Waals surface area contributed by atoms with Gasteiger partial charge in [-0.2, -0.15) is 22.8 Å². The number of aromatic nitrogens is 6. The first-order chi connectivity index (χ1) is 43.9. The van der Waals surface area contributed by atoms with E-state index in [2.05, 4.69) is 87.6 Å². The molecule has 6 atom stereocenters. The minimum absolute atomic E-state index is 0.0864. The molecule has 92 heavy (non-hydrogen) atoms. The first-order valence-corrected chi connectivity index (χ1v) is 37.0. The Morgan fingerprint density at radius 1 is 0.522 bits per heavy atom. The summed E-state index contributed by atoms with van der Waals surface area (Å²) in [4.78, 5) is 40.9. The molecule has 9 heterocycles. The number of hydrogen-bond donors (Lipinski definition) is 3. The molecule has 6 saturated heterocycles. The molecular weight excluding hydrogens is 1230 g/mol. The van der Waals surface area contributed by atoms with Gasteiger partial charge in [0.05, 0.1) is 44.3 Å². The molecule has 0 aromatic carbocycles. The highest BCUT2D eigenvalue weighted by molar-refractivity contribution is 7.81. The molecular formula is C61H104N14O15S2. The van der Waals surface area contributed by atoms with Gasteiger partial charge in [-0.3, -0.25) is 9.76 Å². The van der Waals surface area contributed by atoms with Crippen molar-refractivity contribution < 1.29 is 71.8 Å². The normalized spacial score (nSPS) is 28.8. The molecule has 0 spiro atoms. The zero-order valence-corrected chi connectivity index (χ0v) is 56.9. The van der Waals surface area contributed by atoms with Crippen molar-refractivity contribution in [1.82, 2.24) is 60.5 Å². The molecule has 6 bridgehead atoms. The Bertz CT molecular complexity index is 2810. The van der Waals surface area contributed by atoms with E-state index in [-0.39, 0.29) is 49.1 Å². The second-order valence-electron chi connectivity index (χ2n) is 27.3. The Morgan fingerprint density at radius 3 is 1.29 bits per heavy atom. The zero-order chi connectivity index (χ0) is 66.3. The molecule has 3 aromatic heterocycles. The van der Waals surface area contributed by atoms with Gasteiger partial charge in [0.2, 0.25) is 46.2 Å². The molecule has 520 valence electrons. The third-order valence-corrected chi connectivity index (χ3v) is 20.9. The summed E-state index contributed by atoms with van der Waals surface area (Å²) in [5, 5.41) is 35.6. The van der Waals surface area contributed by atoms with E-state index in [0.717, 1.165) is 87.0 Å². The van der Waals surface area contributed by atoms with Crippen molar-refractivity contribution in [2.75, 3.05) is 45.8 Å². The molecule has 3 aliphatic carbocycles. The van der Waals surface area contributed by atoms with Crippen LogP contribution < -0.4 is 5.73 Å². The summed E-state index contributed by atoms with van der Waals surface area (Å²) in [5.41, 5.74) is 5.92. The van der Waals surface area contributed by atoms with Crippen molar-refractivity contribution >= 4 is 38.9 Å². The van der Waals surface area contributed by atoms with Crippen molar-refractivity contribution in [2.24, 2.45) is 23.5 Å². The first kappa shape index (κ1) is 72.7. The molecule has 4 N–H and O–H groups in total. The SMILES string of the molecule is CC1CCC(C)CC1.CC1CCC(c2nnc([C@@H]3CC[C@@H]4CN3C(=O)N4OS(=O)(=O)[O-])o2)CC1.CCCC[N+](CCCC)(CCCC)CCCC.NC1CCC(c2nnc([C@@H]3CC[C@@H]4CN3C(=O)N4OS(=O)(=O)O)o2)CC1.O=C1N(O)[C@@H]2CC[C@@H](c3nnco3)N1C2. The average Bonchev–Trinajstić information content (AvgIpc) is 1.64. The quantitative estimate of drug-likeness (QED) is 0.0386. The number of rotatable bonds is 21. The number of carbonyl (C=O) groups is 3. The average molecular weight is 1340 g/mol. The minimum atomic E-state index is -5.00. The molecule has 29 nitrogen and oxygen atoms in total. The number of fused-ring (bicyclic) bond motifs is 6. The van der Waals surface area contributed by atoms with E-state index in [1.54, 1.807) is 4.90 Å². The number of amides is 6. The lowest BCUT2D eigenvalue weighted by Gasteiger charge is -2.39.